The van der Waals surface area contributed by atoms with Crippen LogP contribution in [0.25, 0.3) is 22.5 Å². The Morgan fingerprint density at radius 3 is 2.58 bits per heavy atom. The third kappa shape index (κ3) is 5.92. The van der Waals surface area contributed by atoms with Crippen LogP contribution in [0.5, 0.6) is 0 Å². The van der Waals surface area contributed by atoms with Crippen LogP contribution in [-0.2, 0) is 4.79 Å². The number of hydrogen-bond acceptors (Lipinski definition) is 6. The van der Waals surface area contributed by atoms with Crippen LogP contribution in [0.3, 0.4) is 0 Å². The van der Waals surface area contributed by atoms with Gasteiger partial charge in [0.1, 0.15) is 11.1 Å². The number of carbonyl (C=O) groups is 1. The molecule has 0 bridgehead atoms. The van der Waals surface area contributed by atoms with Crippen LogP contribution >= 0.6 is 46.3 Å². The number of nitrogens with one attached hydrogen (secondary N) is 1. The van der Waals surface area contributed by atoms with Crippen molar-refractivity contribution in [2.24, 2.45) is 0 Å². The average Bonchev–Trinajstić information content (AvgIpc) is 3.28. The number of carbonyl (C=O) groups excluding carboxylic acids is 1. The van der Waals surface area contributed by atoms with Crippen molar-refractivity contribution in [1.82, 2.24) is 9.97 Å². The van der Waals surface area contributed by atoms with Crippen molar-refractivity contribution in [3.8, 4) is 28.6 Å². The molecule has 0 saturated carbocycles. The van der Waals surface area contributed by atoms with Crippen molar-refractivity contribution in [3.05, 3.63) is 81.7 Å². The molecule has 0 aliphatic rings. The second-order valence-electron chi connectivity index (χ2n) is 6.83. The van der Waals surface area contributed by atoms with Gasteiger partial charge < -0.3 is 5.32 Å². The molecule has 4 aromatic rings. The zero-order chi connectivity index (χ0) is 23.2. The maximum Gasteiger partial charge on any atom is 0.226 e. The van der Waals surface area contributed by atoms with E-state index in [4.69, 9.17) is 23.2 Å². The highest BCUT2D eigenvalue weighted by Crippen LogP contribution is 2.31. The van der Waals surface area contributed by atoms with Crippen LogP contribution in [0.1, 0.15) is 12.0 Å². The summed E-state index contributed by atoms with van der Waals surface area (Å²) in [5.41, 5.74) is 3.66. The van der Waals surface area contributed by atoms with E-state index < -0.39 is 0 Å². The topological polar surface area (TPSA) is 78.7 Å². The van der Waals surface area contributed by atoms with Gasteiger partial charge in [-0.1, -0.05) is 53.5 Å². The summed E-state index contributed by atoms with van der Waals surface area (Å²) >= 11 is 14.9. The number of halogens is 2. The molecule has 0 aliphatic heterocycles. The molecule has 0 atom stereocenters. The van der Waals surface area contributed by atoms with Crippen LogP contribution in [-0.4, -0.2) is 21.6 Å². The average molecular weight is 511 g/mol. The second kappa shape index (κ2) is 10.8. The molecule has 5 nitrogen and oxygen atoms in total. The molecule has 4 rings (SSSR count). The van der Waals surface area contributed by atoms with Crippen molar-refractivity contribution in [3.63, 3.8) is 0 Å². The Morgan fingerprint density at radius 1 is 1.03 bits per heavy atom. The van der Waals surface area contributed by atoms with Gasteiger partial charge in [0, 0.05) is 38.7 Å². The minimum Gasteiger partial charge on any atom is -0.302 e. The minimum absolute atomic E-state index is 0.157. The highest BCUT2D eigenvalue weighted by atomic mass is 35.5. The highest BCUT2D eigenvalue weighted by molar-refractivity contribution is 7.99. The normalized spacial score (nSPS) is 10.6. The number of thiazole rings is 1. The van der Waals surface area contributed by atoms with Crippen LogP contribution in [0.15, 0.2) is 71.1 Å². The Bertz CT molecular complexity index is 1330. The number of benzene rings is 2. The fourth-order valence-electron chi connectivity index (χ4n) is 2.96. The first-order valence-electron chi connectivity index (χ1n) is 9.83. The number of amides is 1. The Morgan fingerprint density at radius 2 is 1.82 bits per heavy atom. The van der Waals surface area contributed by atoms with E-state index >= 15 is 0 Å². The molecule has 33 heavy (non-hydrogen) atoms. The van der Waals surface area contributed by atoms with Crippen molar-refractivity contribution in [2.45, 2.75) is 11.4 Å². The van der Waals surface area contributed by atoms with Crippen LogP contribution < -0.4 is 5.32 Å². The molecule has 0 saturated heterocycles. The van der Waals surface area contributed by atoms with E-state index in [1.165, 1.54) is 23.1 Å². The molecule has 0 spiro atoms. The van der Waals surface area contributed by atoms with Crippen LogP contribution in [0.4, 0.5) is 5.13 Å². The first kappa shape index (κ1) is 23.3. The molecule has 0 unspecified atom stereocenters. The molecule has 0 radical (unpaired) electrons. The molecule has 164 valence electrons. The molecule has 0 aliphatic carbocycles. The predicted molar refractivity (Wildman–Crippen MR) is 136 cm³/mol. The first-order valence-corrected chi connectivity index (χ1v) is 12.5. The van der Waals surface area contributed by atoms with Gasteiger partial charge >= 0.3 is 0 Å². The summed E-state index contributed by atoms with van der Waals surface area (Å²) in [6.07, 6.45) is 0.253. The lowest BCUT2D eigenvalue weighted by Gasteiger charge is -2.07. The van der Waals surface area contributed by atoms with Gasteiger partial charge in [0.25, 0.3) is 0 Å². The molecule has 2 heterocycles. The zero-order valence-electron chi connectivity index (χ0n) is 17.1. The third-order valence-electron chi connectivity index (χ3n) is 4.59. The molecule has 2 aromatic carbocycles. The van der Waals surface area contributed by atoms with Gasteiger partial charge in [-0.3, -0.25) is 4.79 Å². The summed E-state index contributed by atoms with van der Waals surface area (Å²) in [6.45, 7) is 0. The van der Waals surface area contributed by atoms with E-state index in [2.05, 4.69) is 21.4 Å². The van der Waals surface area contributed by atoms with E-state index in [1.54, 1.807) is 30.3 Å². The summed E-state index contributed by atoms with van der Waals surface area (Å²) in [5, 5.41) is 16.5. The van der Waals surface area contributed by atoms with Gasteiger partial charge in [-0.25, -0.2) is 9.97 Å². The molecule has 9 heteroatoms. The minimum atomic E-state index is -0.157. The lowest BCUT2D eigenvalue weighted by molar-refractivity contribution is -0.115. The molecule has 1 N–H and O–H groups in total. The molecule has 0 fully saturated rings. The summed E-state index contributed by atoms with van der Waals surface area (Å²) in [4.78, 5) is 21.5. The van der Waals surface area contributed by atoms with Crippen LogP contribution in [0, 0.1) is 11.3 Å². The van der Waals surface area contributed by atoms with E-state index in [0.29, 0.717) is 31.5 Å². The Kier molecular flexibility index (Phi) is 7.63. The maximum atomic E-state index is 12.4. The third-order valence-corrected chi connectivity index (χ3v) is 6.92. The number of nitriles is 1. The van der Waals surface area contributed by atoms with Gasteiger partial charge in [0.05, 0.1) is 17.0 Å². The number of pyridine rings is 1. The Hall–Kier alpha value is -2.89. The van der Waals surface area contributed by atoms with E-state index in [-0.39, 0.29) is 12.3 Å². The van der Waals surface area contributed by atoms with Crippen LogP contribution in [0.2, 0.25) is 10.0 Å². The van der Waals surface area contributed by atoms with E-state index in [1.807, 2.05) is 35.7 Å². The Labute approximate surface area is 209 Å². The Balaban J connectivity index is 1.37. The quantitative estimate of drug-likeness (QED) is 0.266. The number of anilines is 1. The van der Waals surface area contributed by atoms with Crippen molar-refractivity contribution < 1.29 is 4.79 Å². The van der Waals surface area contributed by atoms with Gasteiger partial charge in [-0.15, -0.1) is 23.1 Å². The van der Waals surface area contributed by atoms with Crippen molar-refractivity contribution in [2.75, 3.05) is 11.1 Å². The van der Waals surface area contributed by atoms with E-state index in [9.17, 15) is 10.1 Å². The number of hydrogen-bond donors (Lipinski definition) is 1. The summed E-state index contributed by atoms with van der Waals surface area (Å²) in [7, 11) is 0. The largest absolute Gasteiger partial charge is 0.302 e. The standard InChI is InChI=1S/C24H16Cl2N4OS2/c25-17-8-5-15(6-9-17)20-10-7-16(13-27)23(28-20)32-12-11-22(31)30-24-29-21(14-33-24)18-3-1-2-4-19(18)26/h1-10,14H,11-12H2,(H,29,30,31). The SMILES string of the molecule is N#Cc1ccc(-c2ccc(Cl)cc2)nc1SCCC(=O)Nc1nc(-c2ccccc2Cl)cs1. The van der Waals surface area contributed by atoms with Gasteiger partial charge in [0.2, 0.25) is 5.91 Å². The van der Waals surface area contributed by atoms with Gasteiger partial charge in [-0.2, -0.15) is 5.26 Å². The number of aromatic nitrogens is 2. The predicted octanol–water partition coefficient (Wildman–Crippen LogP) is 7.17. The monoisotopic (exact) mass is 510 g/mol. The first-order chi connectivity index (χ1) is 16.0. The zero-order valence-corrected chi connectivity index (χ0v) is 20.2. The number of thioether (sulfide) groups is 1. The lowest BCUT2D eigenvalue weighted by atomic mass is 10.1. The fraction of sp³-hybridized carbons (Fsp3) is 0.0833. The lowest BCUT2D eigenvalue weighted by Crippen LogP contribution is -2.12. The van der Waals surface area contributed by atoms with E-state index in [0.717, 1.165) is 22.5 Å². The van der Waals surface area contributed by atoms with Gasteiger partial charge in [-0.05, 0) is 30.3 Å². The van der Waals surface area contributed by atoms with Gasteiger partial charge in [0.15, 0.2) is 5.13 Å². The number of nitrogens with zero attached hydrogens (tertiary/aromatic N) is 3. The number of rotatable bonds is 7. The molecule has 1 amide bonds. The maximum absolute atomic E-state index is 12.4. The summed E-state index contributed by atoms with van der Waals surface area (Å²) in [6, 6.07) is 20.5. The molecular weight excluding hydrogens is 495 g/mol. The summed E-state index contributed by atoms with van der Waals surface area (Å²) < 4.78 is 0. The molecule has 2 aromatic heterocycles. The van der Waals surface area contributed by atoms with Crippen molar-refractivity contribution >= 4 is 57.3 Å². The smallest absolute Gasteiger partial charge is 0.226 e. The second-order valence-corrected chi connectivity index (χ2v) is 9.62. The molecular formula is C24H16Cl2N4OS2. The summed E-state index contributed by atoms with van der Waals surface area (Å²) in [5.74, 6) is 0.315. The van der Waals surface area contributed by atoms with Crippen molar-refractivity contribution in [1.29, 1.82) is 5.26 Å². The highest BCUT2D eigenvalue weighted by Gasteiger charge is 2.12. The fourth-order valence-corrected chi connectivity index (χ4v) is 4.96.